The smallest absolute Gasteiger partial charge is 0.0541 e. The highest BCUT2D eigenvalue weighted by atomic mass is 15.1. The van der Waals surface area contributed by atoms with E-state index in [1.54, 1.807) is 0 Å². The summed E-state index contributed by atoms with van der Waals surface area (Å²) in [5, 5.41) is 10.0. The van der Waals surface area contributed by atoms with E-state index in [0.717, 1.165) is 45.5 Å². The minimum atomic E-state index is 1.09. The van der Waals surface area contributed by atoms with Crippen LogP contribution < -0.4 is 9.80 Å². The molecule has 0 amide bonds. The predicted octanol–water partition coefficient (Wildman–Crippen LogP) is 21.7. The molecule has 0 saturated heterocycles. The van der Waals surface area contributed by atoms with Crippen LogP contribution in [-0.2, 0) is 0 Å². The zero-order chi connectivity index (χ0) is 55.0. The van der Waals surface area contributed by atoms with Gasteiger partial charge in [0.05, 0.1) is 22.1 Å². The van der Waals surface area contributed by atoms with Crippen LogP contribution in [-0.4, -0.2) is 9.13 Å². The summed E-state index contributed by atoms with van der Waals surface area (Å²) < 4.78 is 4.80. The lowest BCUT2D eigenvalue weighted by Gasteiger charge is -2.26. The molecule has 0 N–H and O–H groups in total. The molecule has 15 aromatic rings. The highest BCUT2D eigenvalue weighted by molar-refractivity contribution is 6.21. The number of para-hydroxylation sites is 2. The first-order chi connectivity index (χ1) is 40.3. The van der Waals surface area contributed by atoms with Crippen LogP contribution in [0.2, 0.25) is 0 Å². The summed E-state index contributed by atoms with van der Waals surface area (Å²) in [5.41, 5.74) is 23.5. The summed E-state index contributed by atoms with van der Waals surface area (Å²) in [6, 6.07) is 103. The number of rotatable bonds is 10. The van der Waals surface area contributed by atoms with Gasteiger partial charge in [-0.3, -0.25) is 0 Å². The van der Waals surface area contributed by atoms with Crippen LogP contribution in [0.4, 0.5) is 34.1 Å². The molecule has 0 unspecified atom stereocenters. The summed E-state index contributed by atoms with van der Waals surface area (Å²) >= 11 is 0. The Kier molecular flexibility index (Phi) is 11.7. The zero-order valence-corrected chi connectivity index (χ0v) is 46.3. The van der Waals surface area contributed by atoms with Crippen molar-refractivity contribution in [1.82, 2.24) is 9.13 Å². The second-order valence-electron chi connectivity index (χ2n) is 22.1. The van der Waals surface area contributed by atoms with Crippen molar-refractivity contribution in [3.05, 3.63) is 301 Å². The summed E-state index contributed by atoms with van der Waals surface area (Å²) in [5.74, 6) is 0. The third-order valence-corrected chi connectivity index (χ3v) is 16.7. The summed E-state index contributed by atoms with van der Waals surface area (Å²) in [6.45, 7) is 8.70. The van der Waals surface area contributed by atoms with Crippen LogP contribution in [0, 0.1) is 27.7 Å². The zero-order valence-electron chi connectivity index (χ0n) is 46.3. The van der Waals surface area contributed by atoms with Gasteiger partial charge < -0.3 is 18.9 Å². The summed E-state index contributed by atoms with van der Waals surface area (Å²) in [4.78, 5) is 4.72. The third kappa shape index (κ3) is 8.22. The van der Waals surface area contributed by atoms with Gasteiger partial charge in [0.15, 0.2) is 0 Å². The second-order valence-corrected chi connectivity index (χ2v) is 22.1. The van der Waals surface area contributed by atoms with Crippen LogP contribution >= 0.6 is 0 Å². The number of aryl methyl sites for hydroxylation is 4. The van der Waals surface area contributed by atoms with Crippen molar-refractivity contribution in [3.63, 3.8) is 0 Å². The molecule has 0 bridgehead atoms. The lowest BCUT2D eigenvalue weighted by Crippen LogP contribution is -2.10. The van der Waals surface area contributed by atoms with Crippen LogP contribution in [0.5, 0.6) is 0 Å². The maximum Gasteiger partial charge on any atom is 0.0541 e. The van der Waals surface area contributed by atoms with Gasteiger partial charge in [0.2, 0.25) is 0 Å². The highest BCUT2D eigenvalue weighted by Crippen LogP contribution is 2.46. The molecular weight excluding hydrogens is 993 g/mol. The molecule has 0 aliphatic rings. The predicted molar refractivity (Wildman–Crippen MR) is 349 cm³/mol. The fourth-order valence-corrected chi connectivity index (χ4v) is 12.9. The van der Waals surface area contributed by atoms with Gasteiger partial charge in [-0.25, -0.2) is 0 Å². The third-order valence-electron chi connectivity index (χ3n) is 16.7. The summed E-state index contributed by atoms with van der Waals surface area (Å²) in [6.07, 6.45) is 0. The monoisotopic (exact) mass is 1050 g/mol. The molecule has 4 heteroatoms. The molecule has 2 aromatic heterocycles. The molecule has 13 aromatic carbocycles. The van der Waals surface area contributed by atoms with Gasteiger partial charge in [-0.2, -0.15) is 0 Å². The minimum absolute atomic E-state index is 1.09. The maximum absolute atomic E-state index is 2.40. The topological polar surface area (TPSA) is 16.3 Å². The van der Waals surface area contributed by atoms with Gasteiger partial charge in [0.25, 0.3) is 0 Å². The molecule has 15 rings (SSSR count). The fourth-order valence-electron chi connectivity index (χ4n) is 12.9. The number of hydrogen-bond acceptors (Lipinski definition) is 2. The number of aromatic nitrogens is 2. The maximum atomic E-state index is 2.40. The standard InChI is InChI=1S/C78H58N4/c1-51-23-43-73-69(47-51)70-48-52(2)24-44-74(70)81(73)63-39-35-61(36-40-63)79(57-15-7-5-8-16-57)59-31-27-55(28-32-59)77-65-19-11-13-21-67(65)78(68-22-14-12-20-66(68)77)56-29-33-60(34-30-56)80(58-17-9-6-10-18-58)62-37-41-64(42-38-62)82-75-45-25-53(3)49-71(75)72-50-54(4)26-46-76(72)82/h5-50H,1-4H3. The number of fused-ring (bicyclic) bond motifs is 8. The first kappa shape index (κ1) is 48.7. The Morgan fingerprint density at radius 1 is 0.220 bits per heavy atom. The van der Waals surface area contributed by atoms with E-state index in [1.807, 2.05) is 0 Å². The number of hydrogen-bond donors (Lipinski definition) is 0. The van der Waals surface area contributed by atoms with Crippen molar-refractivity contribution in [2.75, 3.05) is 9.80 Å². The molecule has 0 aliphatic heterocycles. The Labute approximate surface area is 478 Å². The van der Waals surface area contributed by atoms with Crippen molar-refractivity contribution in [3.8, 4) is 33.6 Å². The molecule has 82 heavy (non-hydrogen) atoms. The van der Waals surface area contributed by atoms with Crippen LogP contribution in [0.25, 0.3) is 98.8 Å². The number of benzene rings is 13. The molecule has 0 atom stereocenters. The molecule has 0 spiro atoms. The first-order valence-corrected chi connectivity index (χ1v) is 28.4. The van der Waals surface area contributed by atoms with E-state index in [2.05, 4.69) is 326 Å². The second kappa shape index (κ2) is 19.7. The first-order valence-electron chi connectivity index (χ1n) is 28.4. The molecule has 0 saturated carbocycles. The van der Waals surface area contributed by atoms with Crippen molar-refractivity contribution >= 4 is 99.3 Å². The van der Waals surface area contributed by atoms with Gasteiger partial charge in [-0.05, 0) is 217 Å². The molecule has 390 valence electrons. The molecular formula is C78H58N4. The van der Waals surface area contributed by atoms with Gasteiger partial charge in [0.1, 0.15) is 0 Å². The average molecular weight is 1050 g/mol. The van der Waals surface area contributed by atoms with Crippen LogP contribution in [0.15, 0.2) is 279 Å². The van der Waals surface area contributed by atoms with E-state index in [-0.39, 0.29) is 0 Å². The van der Waals surface area contributed by atoms with Crippen LogP contribution in [0.3, 0.4) is 0 Å². The van der Waals surface area contributed by atoms with E-state index >= 15 is 0 Å². The SMILES string of the molecule is Cc1ccc2c(c1)c1cc(C)ccc1n2-c1ccc(N(c2ccccc2)c2ccc(-c3c4ccccc4c(-c4ccc(N(c5ccccc5)c5ccc(-n6c7ccc(C)cc7c7cc(C)ccc76)cc5)cc4)c4ccccc34)cc2)cc1. The quantitative estimate of drug-likeness (QED) is 0.127. The molecule has 0 fully saturated rings. The van der Waals surface area contributed by atoms with E-state index in [9.17, 15) is 0 Å². The number of anilines is 6. The lowest BCUT2D eigenvalue weighted by atomic mass is 9.86. The highest BCUT2D eigenvalue weighted by Gasteiger charge is 2.21. The van der Waals surface area contributed by atoms with Gasteiger partial charge in [-0.1, -0.05) is 156 Å². The van der Waals surface area contributed by atoms with E-state index in [0.29, 0.717) is 0 Å². The van der Waals surface area contributed by atoms with E-state index < -0.39 is 0 Å². The van der Waals surface area contributed by atoms with Gasteiger partial charge >= 0.3 is 0 Å². The molecule has 0 aliphatic carbocycles. The van der Waals surface area contributed by atoms with E-state index in [4.69, 9.17) is 0 Å². The lowest BCUT2D eigenvalue weighted by molar-refractivity contribution is 1.17. The van der Waals surface area contributed by atoms with Crippen molar-refractivity contribution in [1.29, 1.82) is 0 Å². The normalized spacial score (nSPS) is 11.7. The van der Waals surface area contributed by atoms with Crippen molar-refractivity contribution < 1.29 is 0 Å². The summed E-state index contributed by atoms with van der Waals surface area (Å²) in [7, 11) is 0. The Morgan fingerprint density at radius 2 is 0.463 bits per heavy atom. The minimum Gasteiger partial charge on any atom is -0.311 e. The molecule has 0 radical (unpaired) electrons. The number of nitrogens with zero attached hydrogens (tertiary/aromatic N) is 4. The van der Waals surface area contributed by atoms with Crippen LogP contribution in [0.1, 0.15) is 22.3 Å². The van der Waals surface area contributed by atoms with Gasteiger partial charge in [-0.15, -0.1) is 0 Å². The largest absolute Gasteiger partial charge is 0.311 e. The fraction of sp³-hybridized carbons (Fsp3) is 0.0513. The van der Waals surface area contributed by atoms with Crippen molar-refractivity contribution in [2.45, 2.75) is 27.7 Å². The Morgan fingerprint density at radius 3 is 0.744 bits per heavy atom. The van der Waals surface area contributed by atoms with Gasteiger partial charge in [0, 0.05) is 67.0 Å². The molecule has 4 nitrogen and oxygen atoms in total. The Bertz CT molecular complexity index is 4430. The molecule has 2 heterocycles. The Balaban J connectivity index is 0.783. The van der Waals surface area contributed by atoms with Crippen molar-refractivity contribution in [2.24, 2.45) is 0 Å². The Hall–Kier alpha value is -10.4. The van der Waals surface area contributed by atoms with E-state index in [1.165, 1.54) is 110 Å². The average Bonchev–Trinajstić information content (AvgIpc) is 2.88.